The van der Waals surface area contributed by atoms with Crippen LogP contribution in [0.3, 0.4) is 0 Å². The van der Waals surface area contributed by atoms with Gasteiger partial charge < -0.3 is 10.6 Å². The van der Waals surface area contributed by atoms with E-state index < -0.39 is 0 Å². The molecule has 0 aromatic carbocycles. The van der Waals surface area contributed by atoms with Gasteiger partial charge in [-0.1, -0.05) is 6.92 Å². The highest BCUT2D eigenvalue weighted by molar-refractivity contribution is 5.57. The number of hydrogen-bond acceptors (Lipinski definition) is 5. The van der Waals surface area contributed by atoms with Crippen LogP contribution in [0.5, 0.6) is 0 Å². The Labute approximate surface area is 114 Å². The fourth-order valence-electron chi connectivity index (χ4n) is 2.60. The van der Waals surface area contributed by atoms with Crippen LogP contribution in [0.1, 0.15) is 30.2 Å². The fourth-order valence-corrected chi connectivity index (χ4v) is 2.60. The summed E-state index contributed by atoms with van der Waals surface area (Å²) >= 11 is 0. The third-order valence-electron chi connectivity index (χ3n) is 4.26. The molecule has 1 aromatic heterocycles. The minimum absolute atomic E-state index is 0.462. The largest absolute Gasteiger partial charge is 0.354 e. The van der Waals surface area contributed by atoms with Crippen molar-refractivity contribution in [3.8, 4) is 6.07 Å². The minimum Gasteiger partial charge on any atom is -0.354 e. The van der Waals surface area contributed by atoms with Gasteiger partial charge in [0.2, 0.25) is 0 Å². The van der Waals surface area contributed by atoms with E-state index in [0.717, 1.165) is 36.6 Å². The molecular weight excluding hydrogens is 238 g/mol. The van der Waals surface area contributed by atoms with Crippen LogP contribution in [0.2, 0.25) is 0 Å². The Kier molecular flexibility index (Phi) is 4.01. The first-order valence-electron chi connectivity index (χ1n) is 6.77. The molecule has 5 heteroatoms. The summed E-state index contributed by atoms with van der Waals surface area (Å²) in [4.78, 5) is 2.16. The van der Waals surface area contributed by atoms with Crippen LogP contribution < -0.4 is 10.6 Å². The molecule has 2 N–H and O–H groups in total. The first-order valence-corrected chi connectivity index (χ1v) is 6.77. The van der Waals surface area contributed by atoms with Gasteiger partial charge in [-0.05, 0) is 44.2 Å². The van der Waals surface area contributed by atoms with Crippen molar-refractivity contribution < 1.29 is 0 Å². The summed E-state index contributed by atoms with van der Waals surface area (Å²) in [6.45, 7) is 8.52. The molecular formula is C14H21N5. The smallest absolute Gasteiger partial charge is 0.169 e. The predicted octanol–water partition coefficient (Wildman–Crippen LogP) is 1.39. The number of aromatic nitrogens is 2. The first-order chi connectivity index (χ1) is 9.08. The summed E-state index contributed by atoms with van der Waals surface area (Å²) in [6.07, 6.45) is 1.08. The summed E-state index contributed by atoms with van der Waals surface area (Å²) < 4.78 is 0. The molecule has 2 unspecified atom stereocenters. The summed E-state index contributed by atoms with van der Waals surface area (Å²) in [5, 5.41) is 17.8. The number of rotatable bonds is 2. The van der Waals surface area contributed by atoms with Crippen molar-refractivity contribution in [3.63, 3.8) is 0 Å². The molecule has 0 aliphatic carbocycles. The second-order valence-electron chi connectivity index (χ2n) is 5.43. The molecule has 0 radical (unpaired) electrons. The van der Waals surface area contributed by atoms with E-state index in [9.17, 15) is 5.26 Å². The molecule has 1 aliphatic heterocycles. The van der Waals surface area contributed by atoms with E-state index >= 15 is 0 Å². The van der Waals surface area contributed by atoms with Gasteiger partial charge in [0.25, 0.3) is 0 Å². The molecule has 19 heavy (non-hydrogen) atoms. The Balaban J connectivity index is 2.33. The molecule has 1 aromatic rings. The molecule has 2 rings (SSSR count). The Morgan fingerprint density at radius 1 is 1.42 bits per heavy atom. The van der Waals surface area contributed by atoms with Crippen molar-refractivity contribution in [2.24, 2.45) is 17.6 Å². The van der Waals surface area contributed by atoms with Crippen molar-refractivity contribution in [2.75, 3.05) is 24.5 Å². The number of nitrogens with two attached hydrogens (primary N) is 1. The standard InChI is InChI=1S/C14H21N5/c1-9-4-5-19(8-12(9)6-15)14-13(7-16)10(2)11(3)17-18-14/h9,12H,4-6,8,15H2,1-3H3. The van der Waals surface area contributed by atoms with Gasteiger partial charge in [0, 0.05) is 13.1 Å². The average Bonchev–Trinajstić information content (AvgIpc) is 2.42. The van der Waals surface area contributed by atoms with Gasteiger partial charge in [-0.2, -0.15) is 10.4 Å². The van der Waals surface area contributed by atoms with Gasteiger partial charge in [-0.3, -0.25) is 0 Å². The van der Waals surface area contributed by atoms with Crippen LogP contribution in [0.4, 0.5) is 5.82 Å². The maximum Gasteiger partial charge on any atom is 0.169 e. The molecule has 1 fully saturated rings. The number of piperidine rings is 1. The second kappa shape index (κ2) is 5.54. The molecule has 0 amide bonds. The zero-order valence-electron chi connectivity index (χ0n) is 11.8. The third kappa shape index (κ3) is 2.54. The van der Waals surface area contributed by atoms with Crippen LogP contribution in [0.15, 0.2) is 0 Å². The van der Waals surface area contributed by atoms with Gasteiger partial charge >= 0.3 is 0 Å². The molecule has 2 atom stereocenters. The van der Waals surface area contributed by atoms with Gasteiger partial charge in [-0.25, -0.2) is 0 Å². The maximum absolute atomic E-state index is 9.36. The second-order valence-corrected chi connectivity index (χ2v) is 5.43. The average molecular weight is 259 g/mol. The number of anilines is 1. The maximum atomic E-state index is 9.36. The van der Waals surface area contributed by atoms with Crippen LogP contribution in [0.25, 0.3) is 0 Å². The van der Waals surface area contributed by atoms with Crippen molar-refractivity contribution in [3.05, 3.63) is 16.8 Å². The Morgan fingerprint density at radius 2 is 2.16 bits per heavy atom. The fraction of sp³-hybridized carbons (Fsp3) is 0.643. The summed E-state index contributed by atoms with van der Waals surface area (Å²) in [5.74, 6) is 1.81. The minimum atomic E-state index is 0.462. The van der Waals surface area contributed by atoms with Gasteiger partial charge in [0.05, 0.1) is 5.69 Å². The Bertz CT molecular complexity index is 505. The molecule has 0 saturated carbocycles. The van der Waals surface area contributed by atoms with Crippen molar-refractivity contribution >= 4 is 5.82 Å². The van der Waals surface area contributed by atoms with Crippen LogP contribution in [-0.4, -0.2) is 29.8 Å². The molecule has 1 saturated heterocycles. The van der Waals surface area contributed by atoms with E-state index in [0.29, 0.717) is 23.9 Å². The molecule has 5 nitrogen and oxygen atoms in total. The monoisotopic (exact) mass is 259 g/mol. The highest BCUT2D eigenvalue weighted by Crippen LogP contribution is 2.28. The van der Waals surface area contributed by atoms with E-state index in [1.54, 1.807) is 0 Å². The number of nitrogens with zero attached hydrogens (tertiary/aromatic N) is 4. The van der Waals surface area contributed by atoms with E-state index in [-0.39, 0.29) is 0 Å². The number of hydrogen-bond donors (Lipinski definition) is 1. The lowest BCUT2D eigenvalue weighted by atomic mass is 9.87. The normalized spacial score (nSPS) is 23.2. The van der Waals surface area contributed by atoms with Gasteiger partial charge in [0.15, 0.2) is 5.82 Å². The van der Waals surface area contributed by atoms with E-state index in [2.05, 4.69) is 28.1 Å². The van der Waals surface area contributed by atoms with Crippen molar-refractivity contribution in [2.45, 2.75) is 27.2 Å². The SMILES string of the molecule is Cc1nnc(N2CCC(C)C(CN)C2)c(C#N)c1C. The summed E-state index contributed by atoms with van der Waals surface area (Å²) in [6, 6.07) is 2.27. The quantitative estimate of drug-likeness (QED) is 0.868. The third-order valence-corrected chi connectivity index (χ3v) is 4.26. The lowest BCUT2D eigenvalue weighted by Gasteiger charge is -2.37. The Hall–Kier alpha value is -1.67. The zero-order chi connectivity index (χ0) is 14.0. The lowest BCUT2D eigenvalue weighted by Crippen LogP contribution is -2.43. The van der Waals surface area contributed by atoms with E-state index in [1.165, 1.54) is 0 Å². The van der Waals surface area contributed by atoms with Crippen LogP contribution in [-0.2, 0) is 0 Å². The molecule has 1 aliphatic rings. The van der Waals surface area contributed by atoms with Crippen LogP contribution in [0, 0.1) is 37.0 Å². The van der Waals surface area contributed by atoms with E-state index in [4.69, 9.17) is 5.73 Å². The van der Waals surface area contributed by atoms with E-state index in [1.807, 2.05) is 13.8 Å². The number of nitriles is 1. The molecule has 102 valence electrons. The van der Waals surface area contributed by atoms with Gasteiger partial charge in [-0.15, -0.1) is 5.10 Å². The predicted molar refractivity (Wildman–Crippen MR) is 74.8 cm³/mol. The Morgan fingerprint density at radius 3 is 2.79 bits per heavy atom. The first kappa shape index (κ1) is 13.8. The topological polar surface area (TPSA) is 78.8 Å². The lowest BCUT2D eigenvalue weighted by molar-refractivity contribution is 0.306. The molecule has 0 bridgehead atoms. The zero-order valence-corrected chi connectivity index (χ0v) is 11.8. The van der Waals surface area contributed by atoms with Gasteiger partial charge in [0.1, 0.15) is 11.6 Å². The molecule has 0 spiro atoms. The highest BCUT2D eigenvalue weighted by atomic mass is 15.3. The van der Waals surface area contributed by atoms with Crippen molar-refractivity contribution in [1.82, 2.24) is 10.2 Å². The molecule has 2 heterocycles. The van der Waals surface area contributed by atoms with Crippen molar-refractivity contribution in [1.29, 1.82) is 5.26 Å². The highest BCUT2D eigenvalue weighted by Gasteiger charge is 2.28. The summed E-state index contributed by atoms with van der Waals surface area (Å²) in [7, 11) is 0. The van der Waals surface area contributed by atoms with Crippen LogP contribution >= 0.6 is 0 Å². The summed E-state index contributed by atoms with van der Waals surface area (Å²) in [5.41, 5.74) is 8.23. The number of aryl methyl sites for hydroxylation is 1.